The Morgan fingerprint density at radius 1 is 0.857 bits per heavy atom. The van der Waals surface area contributed by atoms with Gasteiger partial charge in [0.1, 0.15) is 5.82 Å². The molecule has 0 bridgehead atoms. The lowest BCUT2D eigenvalue weighted by molar-refractivity contribution is 0.628. The second-order valence-corrected chi connectivity index (χ2v) is 6.61. The van der Waals surface area contributed by atoms with Gasteiger partial charge in [0.15, 0.2) is 0 Å². The van der Waals surface area contributed by atoms with Gasteiger partial charge in [0.05, 0.1) is 0 Å². The van der Waals surface area contributed by atoms with E-state index in [1.54, 1.807) is 12.1 Å². The fourth-order valence-corrected chi connectivity index (χ4v) is 3.08. The molecule has 28 heavy (non-hydrogen) atoms. The van der Waals surface area contributed by atoms with Gasteiger partial charge in [-0.25, -0.2) is 4.39 Å². The first kappa shape index (κ1) is 19.8. The highest BCUT2D eigenvalue weighted by Crippen LogP contribution is 2.23. The molecule has 0 saturated carbocycles. The number of benzene rings is 2. The van der Waals surface area contributed by atoms with Gasteiger partial charge in [-0.05, 0) is 55.7 Å². The molecule has 6 nitrogen and oxygen atoms in total. The molecule has 0 radical (unpaired) electrons. The van der Waals surface area contributed by atoms with Crippen LogP contribution in [0, 0.1) is 12.7 Å². The lowest BCUT2D eigenvalue weighted by atomic mass is 10.2. The van der Waals surface area contributed by atoms with Gasteiger partial charge in [-0.2, -0.15) is 15.0 Å². The summed E-state index contributed by atoms with van der Waals surface area (Å²) in [5.74, 6) is 1.15. The average molecular weight is 401 g/mol. The normalized spacial score (nSPS) is 13.1. The number of hydrogen-bond acceptors (Lipinski definition) is 6. The van der Waals surface area contributed by atoms with Gasteiger partial charge < -0.3 is 15.5 Å². The van der Waals surface area contributed by atoms with Crippen molar-refractivity contribution in [1.82, 2.24) is 15.0 Å². The van der Waals surface area contributed by atoms with Crippen molar-refractivity contribution in [3.05, 3.63) is 59.9 Å². The Bertz CT molecular complexity index is 880. The van der Waals surface area contributed by atoms with Gasteiger partial charge >= 0.3 is 0 Å². The van der Waals surface area contributed by atoms with Gasteiger partial charge in [-0.1, -0.05) is 18.2 Å². The van der Waals surface area contributed by atoms with Crippen LogP contribution >= 0.6 is 12.4 Å². The van der Waals surface area contributed by atoms with Crippen LogP contribution in [0.25, 0.3) is 0 Å². The highest BCUT2D eigenvalue weighted by molar-refractivity contribution is 5.85. The molecule has 0 spiro atoms. The monoisotopic (exact) mass is 400 g/mol. The van der Waals surface area contributed by atoms with E-state index in [2.05, 4.69) is 30.5 Å². The molecule has 2 N–H and O–H groups in total. The molecule has 8 heteroatoms. The smallest absolute Gasteiger partial charge is 0.233 e. The van der Waals surface area contributed by atoms with Crippen LogP contribution in [0.1, 0.15) is 18.4 Å². The Kier molecular flexibility index (Phi) is 6.26. The van der Waals surface area contributed by atoms with Crippen molar-refractivity contribution in [2.45, 2.75) is 19.8 Å². The van der Waals surface area contributed by atoms with E-state index in [4.69, 9.17) is 0 Å². The second kappa shape index (κ2) is 8.84. The zero-order valence-corrected chi connectivity index (χ0v) is 16.3. The van der Waals surface area contributed by atoms with Crippen LogP contribution in [-0.4, -0.2) is 28.0 Å². The predicted octanol–water partition coefficient (Wildman–Crippen LogP) is 4.83. The van der Waals surface area contributed by atoms with Crippen LogP contribution in [0.4, 0.5) is 33.6 Å². The van der Waals surface area contributed by atoms with Crippen molar-refractivity contribution in [3.8, 4) is 0 Å². The Balaban J connectivity index is 0.00000225. The van der Waals surface area contributed by atoms with Gasteiger partial charge in [0.2, 0.25) is 17.8 Å². The number of hydrogen-bond donors (Lipinski definition) is 2. The molecule has 0 amide bonds. The molecule has 3 aromatic rings. The maximum absolute atomic E-state index is 13.5. The van der Waals surface area contributed by atoms with Crippen LogP contribution in [0.5, 0.6) is 0 Å². The molecule has 0 atom stereocenters. The van der Waals surface area contributed by atoms with E-state index < -0.39 is 0 Å². The average Bonchev–Trinajstić information content (AvgIpc) is 3.16. The summed E-state index contributed by atoms with van der Waals surface area (Å²) in [6.45, 7) is 3.88. The molecular formula is C20H22ClFN6. The first-order valence-electron chi connectivity index (χ1n) is 9.03. The van der Waals surface area contributed by atoms with Crippen molar-refractivity contribution in [2.75, 3.05) is 28.6 Å². The third-order valence-corrected chi connectivity index (χ3v) is 4.37. The van der Waals surface area contributed by atoms with Crippen LogP contribution in [0.15, 0.2) is 48.5 Å². The van der Waals surface area contributed by atoms with Crippen LogP contribution in [0.2, 0.25) is 0 Å². The Morgan fingerprint density at radius 2 is 1.46 bits per heavy atom. The highest BCUT2D eigenvalue weighted by Gasteiger charge is 2.17. The lowest BCUT2D eigenvalue weighted by Crippen LogP contribution is -2.21. The predicted molar refractivity (Wildman–Crippen MR) is 113 cm³/mol. The largest absolute Gasteiger partial charge is 0.341 e. The minimum Gasteiger partial charge on any atom is -0.341 e. The molecule has 146 valence electrons. The van der Waals surface area contributed by atoms with E-state index >= 15 is 0 Å². The number of nitrogens with one attached hydrogen (secondary N) is 2. The topological polar surface area (TPSA) is 66.0 Å². The van der Waals surface area contributed by atoms with E-state index in [1.165, 1.54) is 12.1 Å². The van der Waals surface area contributed by atoms with Gasteiger partial charge in [-0.15, -0.1) is 12.4 Å². The van der Waals surface area contributed by atoms with Gasteiger partial charge in [-0.3, -0.25) is 0 Å². The number of rotatable bonds is 5. The van der Waals surface area contributed by atoms with Crippen molar-refractivity contribution < 1.29 is 4.39 Å². The van der Waals surface area contributed by atoms with Crippen LogP contribution in [0.3, 0.4) is 0 Å². The summed E-state index contributed by atoms with van der Waals surface area (Å²) in [7, 11) is 0. The molecule has 2 aromatic carbocycles. The summed E-state index contributed by atoms with van der Waals surface area (Å²) >= 11 is 0. The summed E-state index contributed by atoms with van der Waals surface area (Å²) in [6, 6.07) is 14.2. The van der Waals surface area contributed by atoms with E-state index in [9.17, 15) is 4.39 Å². The maximum Gasteiger partial charge on any atom is 0.233 e. The van der Waals surface area contributed by atoms with E-state index in [0.717, 1.165) is 37.2 Å². The number of aromatic nitrogens is 3. The van der Waals surface area contributed by atoms with Gasteiger partial charge in [0, 0.05) is 24.5 Å². The third kappa shape index (κ3) is 4.86. The number of aryl methyl sites for hydroxylation is 1. The summed E-state index contributed by atoms with van der Waals surface area (Å²) in [4.78, 5) is 15.7. The zero-order valence-electron chi connectivity index (χ0n) is 15.5. The summed E-state index contributed by atoms with van der Waals surface area (Å²) in [5, 5.41) is 6.32. The fourth-order valence-electron chi connectivity index (χ4n) is 3.08. The summed E-state index contributed by atoms with van der Waals surface area (Å²) in [6.07, 6.45) is 2.25. The zero-order chi connectivity index (χ0) is 18.6. The minimum absolute atomic E-state index is 0. The molecule has 1 saturated heterocycles. The van der Waals surface area contributed by atoms with Crippen molar-refractivity contribution in [3.63, 3.8) is 0 Å². The van der Waals surface area contributed by atoms with Crippen molar-refractivity contribution in [1.29, 1.82) is 0 Å². The quantitative estimate of drug-likeness (QED) is 0.639. The van der Waals surface area contributed by atoms with Crippen molar-refractivity contribution >= 4 is 41.6 Å². The number of nitrogens with zero attached hydrogens (tertiary/aromatic N) is 4. The molecule has 4 rings (SSSR count). The first-order chi connectivity index (χ1) is 13.2. The molecule has 1 aromatic heterocycles. The third-order valence-electron chi connectivity index (χ3n) is 4.37. The molecule has 0 aliphatic carbocycles. The maximum atomic E-state index is 13.5. The van der Waals surface area contributed by atoms with Crippen LogP contribution < -0.4 is 15.5 Å². The second-order valence-electron chi connectivity index (χ2n) is 6.61. The first-order valence-corrected chi connectivity index (χ1v) is 9.03. The minimum atomic E-state index is -0.313. The highest BCUT2D eigenvalue weighted by atomic mass is 35.5. The number of halogens is 2. The standard InChI is InChI=1S/C20H21FN6.ClH/c1-14-6-4-8-16(12-14)22-18-24-19(23-17-9-5-7-15(21)13-17)26-20(25-18)27-10-2-3-11-27;/h4-9,12-13H,2-3,10-11H2,1H3,(H2,22,23,24,25,26);1H. The SMILES string of the molecule is Cc1cccc(Nc2nc(Nc3cccc(F)c3)nc(N3CCCC3)n2)c1.Cl. The Morgan fingerprint density at radius 3 is 2.07 bits per heavy atom. The molecule has 2 heterocycles. The van der Waals surface area contributed by atoms with Crippen LogP contribution in [-0.2, 0) is 0 Å². The molecule has 1 aliphatic heterocycles. The van der Waals surface area contributed by atoms with Gasteiger partial charge in [0.25, 0.3) is 0 Å². The fraction of sp³-hybridized carbons (Fsp3) is 0.250. The summed E-state index contributed by atoms with van der Waals surface area (Å²) < 4.78 is 13.5. The Hall–Kier alpha value is -2.93. The molecule has 0 unspecified atom stereocenters. The Labute approximate surface area is 169 Å². The molecule has 1 fully saturated rings. The van der Waals surface area contributed by atoms with E-state index in [1.807, 2.05) is 31.2 Å². The van der Waals surface area contributed by atoms with E-state index in [-0.39, 0.29) is 18.2 Å². The van der Waals surface area contributed by atoms with Crippen molar-refractivity contribution in [2.24, 2.45) is 0 Å². The van der Waals surface area contributed by atoms with E-state index in [0.29, 0.717) is 23.5 Å². The molecule has 1 aliphatic rings. The molecular weight excluding hydrogens is 379 g/mol. The number of anilines is 5. The lowest BCUT2D eigenvalue weighted by Gasteiger charge is -2.17. The summed E-state index contributed by atoms with van der Waals surface area (Å²) in [5.41, 5.74) is 2.65.